The van der Waals surface area contributed by atoms with Gasteiger partial charge in [0.05, 0.1) is 0 Å². The van der Waals surface area contributed by atoms with Gasteiger partial charge in [-0.15, -0.1) is 11.3 Å². The Balaban J connectivity index is 0.869. The van der Waals surface area contributed by atoms with E-state index in [4.69, 9.17) is 0 Å². The molecule has 272 valence electrons. The van der Waals surface area contributed by atoms with Gasteiger partial charge in [0.15, 0.2) is 0 Å². The van der Waals surface area contributed by atoms with Crippen molar-refractivity contribution in [2.75, 3.05) is 0 Å². The Kier molecular flexibility index (Phi) is 6.90. The van der Waals surface area contributed by atoms with Crippen molar-refractivity contribution < 1.29 is 0 Å². The smallest absolute Gasteiger partial charge is 0.0390 e. The molecule has 10 aliphatic carbocycles. The highest BCUT2D eigenvalue weighted by Gasteiger charge is 2.68. The fourth-order valence-electron chi connectivity index (χ4n) is 13.7. The lowest BCUT2D eigenvalue weighted by Crippen LogP contribution is -2.43. The van der Waals surface area contributed by atoms with Gasteiger partial charge in [-0.2, -0.15) is 0 Å². The van der Waals surface area contributed by atoms with Crippen molar-refractivity contribution in [3.05, 3.63) is 212 Å². The van der Waals surface area contributed by atoms with Crippen LogP contribution in [0.2, 0.25) is 0 Å². The first-order valence-electron chi connectivity index (χ1n) is 21.5. The van der Waals surface area contributed by atoms with Gasteiger partial charge in [0.25, 0.3) is 0 Å². The number of hydrogen-bond donors (Lipinski definition) is 0. The lowest BCUT2D eigenvalue weighted by molar-refractivity contribution is 0.0532. The molecule has 3 aromatic rings. The summed E-state index contributed by atoms with van der Waals surface area (Å²) in [5, 5.41) is 1.45. The van der Waals surface area contributed by atoms with Gasteiger partial charge in [0.2, 0.25) is 0 Å². The van der Waals surface area contributed by atoms with Crippen LogP contribution in [0, 0.1) is 40.9 Å². The van der Waals surface area contributed by atoms with E-state index in [0.29, 0.717) is 35.5 Å². The van der Waals surface area contributed by atoms with E-state index < -0.39 is 0 Å². The molecule has 2 aromatic carbocycles. The number of allylic oxidation sites excluding steroid dienone is 25. The van der Waals surface area contributed by atoms with Crippen molar-refractivity contribution in [2.45, 2.75) is 51.4 Å². The fourth-order valence-corrected chi connectivity index (χ4v) is 15.0. The normalized spacial score (nSPS) is 32.6. The standard InChI is InChI=1S/C55H46S/c1-4-23-47-40(16-1)41-17-2-5-24-48(41)55(47)49-25-10-20-43-39-29-28-36(32-46(39)44-21-11-26-50(55)53(44)52(43)49)34-13-7-12-33(30-34)35-14-8-15-37(31-35)38-19-9-22-45-42-18-3-6-27-51(42)56-54(38)45/h1-6,8,10-11,13-21,27-32,39,46-50H,7,9,12,22-26H2. The van der Waals surface area contributed by atoms with Crippen molar-refractivity contribution in [3.8, 4) is 0 Å². The summed E-state index contributed by atoms with van der Waals surface area (Å²) < 4.78 is 1.41. The molecule has 56 heavy (non-hydrogen) atoms. The molecule has 6 unspecified atom stereocenters. The van der Waals surface area contributed by atoms with E-state index in [9.17, 15) is 0 Å². The molecule has 0 nitrogen and oxygen atoms in total. The Hall–Kier alpha value is -4.98. The van der Waals surface area contributed by atoms with E-state index in [-0.39, 0.29) is 5.41 Å². The molecule has 1 spiro atoms. The number of thiophene rings is 1. The lowest BCUT2D eigenvalue weighted by atomic mass is 9.56. The number of benzene rings is 2. The zero-order valence-electron chi connectivity index (χ0n) is 31.9. The number of hydrogen-bond acceptors (Lipinski definition) is 1. The minimum absolute atomic E-state index is 0.262. The van der Waals surface area contributed by atoms with Crippen LogP contribution >= 0.6 is 11.3 Å². The summed E-state index contributed by atoms with van der Waals surface area (Å²) in [6.45, 7) is 0. The summed E-state index contributed by atoms with van der Waals surface area (Å²) in [4.78, 5) is 1.47. The first-order chi connectivity index (χ1) is 27.8. The molecule has 0 amide bonds. The number of aryl methyl sites for hydroxylation is 1. The van der Waals surface area contributed by atoms with E-state index in [1.165, 1.54) is 74.1 Å². The quantitative estimate of drug-likeness (QED) is 0.251. The van der Waals surface area contributed by atoms with Gasteiger partial charge in [0.1, 0.15) is 0 Å². The Morgan fingerprint density at radius 2 is 1.34 bits per heavy atom. The Bertz CT molecular complexity index is 2680. The van der Waals surface area contributed by atoms with Crippen molar-refractivity contribution in [2.24, 2.45) is 40.9 Å². The average molecular weight is 739 g/mol. The molecule has 6 atom stereocenters. The van der Waals surface area contributed by atoms with Crippen LogP contribution in [0.25, 0.3) is 21.2 Å². The molecular formula is C55H46S. The van der Waals surface area contributed by atoms with Gasteiger partial charge in [0, 0.05) is 21.4 Å². The van der Waals surface area contributed by atoms with Crippen molar-refractivity contribution in [1.82, 2.24) is 0 Å². The maximum absolute atomic E-state index is 2.68. The summed E-state index contributed by atoms with van der Waals surface area (Å²) in [6.07, 6.45) is 49.4. The summed E-state index contributed by atoms with van der Waals surface area (Å²) in [5.41, 5.74) is 20.4. The SMILES string of the molecule is C1=CCC2C(=C1)C1=CC=CCC1C21C2CC=CC3=C2C2=C(C=CCC21)C1C=C(C2=CCCC(c4cccc(C5=CCCc6c5sc5ccccc65)c4)=C2)C=CC31. The van der Waals surface area contributed by atoms with Crippen LogP contribution in [0.3, 0.4) is 0 Å². The second-order valence-corrected chi connectivity index (χ2v) is 18.9. The number of rotatable bonds is 3. The molecule has 0 radical (unpaired) electrons. The molecule has 13 rings (SSSR count). The van der Waals surface area contributed by atoms with Crippen LogP contribution in [0.1, 0.15) is 66.5 Å². The first kappa shape index (κ1) is 32.1. The maximum atomic E-state index is 2.68. The molecule has 1 heteroatoms. The van der Waals surface area contributed by atoms with Gasteiger partial charge >= 0.3 is 0 Å². The second-order valence-electron chi connectivity index (χ2n) is 17.8. The van der Waals surface area contributed by atoms with Gasteiger partial charge in [-0.25, -0.2) is 0 Å². The summed E-state index contributed by atoms with van der Waals surface area (Å²) in [5.74, 6) is 3.24. The van der Waals surface area contributed by atoms with Crippen molar-refractivity contribution in [1.29, 1.82) is 0 Å². The van der Waals surface area contributed by atoms with Gasteiger partial charge in [-0.1, -0.05) is 134 Å². The average Bonchev–Trinajstić information content (AvgIpc) is 3.91. The maximum Gasteiger partial charge on any atom is 0.0390 e. The Morgan fingerprint density at radius 1 is 0.625 bits per heavy atom. The molecule has 0 aliphatic heterocycles. The largest absolute Gasteiger partial charge is 0.135 e. The predicted molar refractivity (Wildman–Crippen MR) is 235 cm³/mol. The molecule has 2 fully saturated rings. The van der Waals surface area contributed by atoms with Gasteiger partial charge in [-0.05, 0) is 170 Å². The van der Waals surface area contributed by atoms with E-state index >= 15 is 0 Å². The molecule has 10 aliphatic rings. The van der Waals surface area contributed by atoms with Crippen molar-refractivity contribution in [3.63, 3.8) is 0 Å². The van der Waals surface area contributed by atoms with E-state index in [0.717, 1.165) is 25.7 Å². The van der Waals surface area contributed by atoms with Crippen LogP contribution in [-0.4, -0.2) is 0 Å². The zero-order chi connectivity index (χ0) is 36.5. The number of fused-ring (bicyclic) bond motifs is 13. The molecule has 1 aromatic heterocycles. The van der Waals surface area contributed by atoms with Gasteiger partial charge < -0.3 is 0 Å². The third kappa shape index (κ3) is 4.25. The highest BCUT2D eigenvalue weighted by molar-refractivity contribution is 7.20. The summed E-state index contributed by atoms with van der Waals surface area (Å²) in [6, 6.07) is 18.4. The highest BCUT2D eigenvalue weighted by atomic mass is 32.1. The van der Waals surface area contributed by atoms with E-state index in [1.807, 2.05) is 11.3 Å². The topological polar surface area (TPSA) is 0 Å². The third-order valence-electron chi connectivity index (χ3n) is 15.6. The lowest BCUT2D eigenvalue weighted by Gasteiger charge is -2.47. The Morgan fingerprint density at radius 3 is 2.14 bits per heavy atom. The molecule has 0 N–H and O–H groups in total. The van der Waals surface area contributed by atoms with Crippen LogP contribution in [0.15, 0.2) is 190 Å². The van der Waals surface area contributed by atoms with E-state index in [1.54, 1.807) is 39.0 Å². The van der Waals surface area contributed by atoms with Crippen LogP contribution < -0.4 is 0 Å². The summed E-state index contributed by atoms with van der Waals surface area (Å²) >= 11 is 1.97. The van der Waals surface area contributed by atoms with Crippen LogP contribution in [0.4, 0.5) is 0 Å². The zero-order valence-corrected chi connectivity index (χ0v) is 32.7. The third-order valence-corrected chi connectivity index (χ3v) is 16.9. The van der Waals surface area contributed by atoms with Crippen LogP contribution in [0.5, 0.6) is 0 Å². The molecule has 0 saturated heterocycles. The molecule has 2 saturated carbocycles. The molecular weight excluding hydrogens is 693 g/mol. The van der Waals surface area contributed by atoms with Crippen molar-refractivity contribution >= 4 is 32.6 Å². The fraction of sp³-hybridized carbons (Fsp3) is 0.273. The first-order valence-corrected chi connectivity index (χ1v) is 22.3. The monoisotopic (exact) mass is 738 g/mol. The predicted octanol–water partition coefficient (Wildman–Crippen LogP) is 13.9. The molecule has 0 bridgehead atoms. The second kappa shape index (κ2) is 12.0. The van der Waals surface area contributed by atoms with Crippen LogP contribution in [-0.2, 0) is 6.42 Å². The minimum Gasteiger partial charge on any atom is -0.135 e. The van der Waals surface area contributed by atoms with E-state index in [2.05, 4.69) is 146 Å². The molecule has 1 heterocycles. The minimum atomic E-state index is 0.262. The highest BCUT2D eigenvalue weighted by Crippen LogP contribution is 2.76. The van der Waals surface area contributed by atoms with Gasteiger partial charge in [-0.3, -0.25) is 0 Å². The summed E-state index contributed by atoms with van der Waals surface area (Å²) in [7, 11) is 0. The Labute approximate surface area is 335 Å².